The highest BCUT2D eigenvalue weighted by molar-refractivity contribution is 6.55. The van der Waals surface area contributed by atoms with Gasteiger partial charge in [0.2, 0.25) is 0 Å². The van der Waals surface area contributed by atoms with Gasteiger partial charge < -0.3 is 14.4 Å². The van der Waals surface area contributed by atoms with Crippen LogP contribution in [-0.4, -0.2) is 35.0 Å². The van der Waals surface area contributed by atoms with Crippen LogP contribution in [0, 0.1) is 0 Å². The number of rotatable bonds is 3. The van der Waals surface area contributed by atoms with Gasteiger partial charge in [-0.1, -0.05) is 24.3 Å². The number of aromatic nitrogens is 1. The first-order chi connectivity index (χ1) is 10.8. The summed E-state index contributed by atoms with van der Waals surface area (Å²) in [6.07, 6.45) is 3.71. The van der Waals surface area contributed by atoms with Crippen LogP contribution in [0.1, 0.15) is 33.3 Å². The Morgan fingerprint density at radius 1 is 1.13 bits per heavy atom. The van der Waals surface area contributed by atoms with E-state index in [2.05, 4.69) is 4.98 Å². The van der Waals surface area contributed by atoms with Gasteiger partial charge in [0.15, 0.2) is 0 Å². The Labute approximate surface area is 137 Å². The van der Waals surface area contributed by atoms with Gasteiger partial charge in [0.1, 0.15) is 0 Å². The summed E-state index contributed by atoms with van der Waals surface area (Å²) in [4.78, 5) is 4.36. The Hall–Kier alpha value is -1.69. The number of hydrogen-bond acceptors (Lipinski definition) is 4. The number of nitrogens with zero attached hydrogens (tertiary/aromatic N) is 1. The summed E-state index contributed by atoms with van der Waals surface area (Å²) in [5.74, 6) is 0. The monoisotopic (exact) mass is 311 g/mol. The summed E-state index contributed by atoms with van der Waals surface area (Å²) >= 11 is 0. The van der Waals surface area contributed by atoms with Gasteiger partial charge in [-0.15, -0.1) is 0 Å². The van der Waals surface area contributed by atoms with E-state index in [1.54, 1.807) is 6.20 Å². The minimum atomic E-state index is -0.545. The Morgan fingerprint density at radius 3 is 2.43 bits per heavy atom. The molecule has 0 radical (unpaired) electrons. The summed E-state index contributed by atoms with van der Waals surface area (Å²) in [5.41, 5.74) is 1.78. The first-order valence-corrected chi connectivity index (χ1v) is 7.85. The zero-order valence-electron chi connectivity index (χ0n) is 14.0. The molecule has 0 atom stereocenters. The van der Waals surface area contributed by atoms with Crippen LogP contribution in [0.5, 0.6) is 0 Å². The molecule has 1 N–H and O–H groups in total. The van der Waals surface area contributed by atoms with Crippen molar-refractivity contribution >= 4 is 24.1 Å². The highest BCUT2D eigenvalue weighted by Crippen LogP contribution is 2.38. The van der Waals surface area contributed by atoms with Crippen LogP contribution in [-0.2, 0) is 9.31 Å². The summed E-state index contributed by atoms with van der Waals surface area (Å²) in [6.45, 7) is 7.90. The third-order valence-corrected chi connectivity index (χ3v) is 4.76. The van der Waals surface area contributed by atoms with Crippen LogP contribution in [0.3, 0.4) is 0 Å². The van der Waals surface area contributed by atoms with E-state index in [9.17, 15) is 5.11 Å². The summed E-state index contributed by atoms with van der Waals surface area (Å²) in [7, 11) is -0.545. The number of benzene rings is 1. The van der Waals surface area contributed by atoms with Gasteiger partial charge in [0, 0.05) is 11.6 Å². The van der Waals surface area contributed by atoms with E-state index in [1.165, 1.54) is 0 Å². The zero-order valence-corrected chi connectivity index (χ0v) is 14.0. The van der Waals surface area contributed by atoms with E-state index in [0.29, 0.717) is 5.47 Å². The highest BCUT2D eigenvalue weighted by atomic mass is 16.7. The van der Waals surface area contributed by atoms with Gasteiger partial charge in [-0.25, -0.2) is 0 Å². The van der Waals surface area contributed by atoms with E-state index >= 15 is 0 Å². The lowest BCUT2D eigenvalue weighted by Gasteiger charge is -2.32. The molecule has 1 aliphatic rings. The summed E-state index contributed by atoms with van der Waals surface area (Å²) < 4.78 is 12.1. The number of fused-ring (bicyclic) bond motifs is 1. The van der Waals surface area contributed by atoms with Gasteiger partial charge in [-0.3, -0.25) is 4.98 Å². The molecular formula is C18H22BNO3. The predicted octanol–water partition coefficient (Wildman–Crippen LogP) is 3.24. The van der Waals surface area contributed by atoms with Crippen molar-refractivity contribution in [3.63, 3.8) is 0 Å². The van der Waals surface area contributed by atoms with Crippen LogP contribution >= 0.6 is 0 Å². The van der Waals surface area contributed by atoms with E-state index in [4.69, 9.17) is 9.31 Å². The first kappa shape index (κ1) is 16.2. The number of aliphatic hydroxyl groups excluding tert-OH is 1. The van der Waals surface area contributed by atoms with Crippen molar-refractivity contribution in [3.05, 3.63) is 47.6 Å². The third kappa shape index (κ3) is 2.92. The smallest absolute Gasteiger partial charge is 0.400 e. The molecule has 2 heterocycles. The average Bonchev–Trinajstić information content (AvgIpc) is 2.73. The number of hydrogen-bond donors (Lipinski definition) is 1. The molecule has 0 unspecified atom stereocenters. The van der Waals surface area contributed by atoms with Gasteiger partial charge >= 0.3 is 7.12 Å². The fourth-order valence-electron chi connectivity index (χ4n) is 2.63. The second-order valence-corrected chi connectivity index (χ2v) is 6.88. The molecule has 0 saturated carbocycles. The Balaban J connectivity index is 1.99. The molecule has 1 aromatic carbocycles. The van der Waals surface area contributed by atoms with E-state index < -0.39 is 18.3 Å². The maximum atomic E-state index is 9.82. The third-order valence-electron chi connectivity index (χ3n) is 4.76. The number of para-hydroxylation sites is 1. The molecule has 1 fully saturated rings. The van der Waals surface area contributed by atoms with Crippen molar-refractivity contribution < 1.29 is 14.4 Å². The first-order valence-electron chi connectivity index (χ1n) is 7.85. The van der Waals surface area contributed by atoms with Crippen molar-refractivity contribution in [1.82, 2.24) is 4.98 Å². The van der Waals surface area contributed by atoms with E-state index in [-0.39, 0.29) is 6.61 Å². The second kappa shape index (κ2) is 5.75. The highest BCUT2D eigenvalue weighted by Gasteiger charge is 2.52. The minimum absolute atomic E-state index is 0.118. The van der Waals surface area contributed by atoms with E-state index in [1.807, 2.05) is 64.1 Å². The molecule has 1 aromatic heterocycles. The van der Waals surface area contributed by atoms with Gasteiger partial charge in [0.25, 0.3) is 0 Å². The van der Waals surface area contributed by atoms with Crippen molar-refractivity contribution in [2.24, 2.45) is 0 Å². The van der Waals surface area contributed by atoms with Crippen molar-refractivity contribution in [1.29, 1.82) is 0 Å². The molecule has 4 nitrogen and oxygen atoms in total. The van der Waals surface area contributed by atoms with Gasteiger partial charge in [0.05, 0.1) is 23.3 Å². The zero-order chi connectivity index (χ0) is 16.7. The van der Waals surface area contributed by atoms with Gasteiger partial charge in [-0.05, 0) is 50.9 Å². The molecule has 0 spiro atoms. The molecule has 5 heteroatoms. The van der Waals surface area contributed by atoms with Crippen LogP contribution in [0.25, 0.3) is 17.0 Å². The standard InChI is InChI=1S/C18H22BNO3/c1-17(2)18(3,4)23-19(22-17)14(12-21)11-13-9-10-20-16-8-6-5-7-15(13)16/h5-11,21H,12H2,1-4H3. The van der Waals surface area contributed by atoms with Crippen molar-refractivity contribution in [2.45, 2.75) is 38.9 Å². The lowest BCUT2D eigenvalue weighted by Crippen LogP contribution is -2.41. The molecule has 0 amide bonds. The molecule has 120 valence electrons. The maximum Gasteiger partial charge on any atom is 0.492 e. The number of aliphatic hydroxyl groups is 1. The normalized spacial score (nSPS) is 20.2. The van der Waals surface area contributed by atoms with Crippen LogP contribution in [0.2, 0.25) is 0 Å². The molecule has 0 aliphatic carbocycles. The molecule has 0 bridgehead atoms. The fraction of sp³-hybridized carbons (Fsp3) is 0.389. The molecular weight excluding hydrogens is 289 g/mol. The molecule has 1 aliphatic heterocycles. The summed E-state index contributed by atoms with van der Waals surface area (Å²) in [5, 5.41) is 10.9. The summed E-state index contributed by atoms with van der Waals surface area (Å²) in [6, 6.07) is 9.87. The quantitative estimate of drug-likeness (QED) is 0.884. The maximum absolute atomic E-state index is 9.82. The fourth-order valence-corrected chi connectivity index (χ4v) is 2.63. The molecule has 3 rings (SSSR count). The average molecular weight is 311 g/mol. The lowest BCUT2D eigenvalue weighted by atomic mass is 9.77. The predicted molar refractivity (Wildman–Crippen MR) is 92.9 cm³/mol. The van der Waals surface area contributed by atoms with Crippen LogP contribution in [0.15, 0.2) is 42.0 Å². The Morgan fingerprint density at radius 2 is 1.78 bits per heavy atom. The largest absolute Gasteiger partial charge is 0.492 e. The number of pyridine rings is 1. The lowest BCUT2D eigenvalue weighted by molar-refractivity contribution is 0.00578. The van der Waals surface area contributed by atoms with Crippen molar-refractivity contribution in [2.75, 3.05) is 6.61 Å². The topological polar surface area (TPSA) is 51.6 Å². The Kier molecular flexibility index (Phi) is 4.04. The van der Waals surface area contributed by atoms with Gasteiger partial charge in [-0.2, -0.15) is 0 Å². The van der Waals surface area contributed by atoms with E-state index in [0.717, 1.165) is 16.5 Å². The Bertz CT molecular complexity index is 734. The minimum Gasteiger partial charge on any atom is -0.400 e. The molecule has 23 heavy (non-hydrogen) atoms. The van der Waals surface area contributed by atoms with Crippen molar-refractivity contribution in [3.8, 4) is 0 Å². The van der Waals surface area contributed by atoms with Crippen LogP contribution < -0.4 is 0 Å². The second-order valence-electron chi connectivity index (χ2n) is 6.88. The van der Waals surface area contributed by atoms with Crippen LogP contribution in [0.4, 0.5) is 0 Å². The molecule has 1 saturated heterocycles. The SMILES string of the molecule is CC1(C)OB(C(=Cc2ccnc3ccccc23)CO)OC1(C)C. The molecule has 2 aromatic rings.